The number of hydrogen-bond donors (Lipinski definition) is 0. The second-order valence-electron chi connectivity index (χ2n) is 10.1. The lowest BCUT2D eigenvalue weighted by atomic mass is 9.61. The number of esters is 1. The SMILES string of the molecule is COC(=O)Cc1ccc(CC(=O)c2c(C)cc3c(c2C)C(C)(C)CCC3(C)C)cc1. The lowest BCUT2D eigenvalue weighted by Crippen LogP contribution is -2.35. The van der Waals surface area contributed by atoms with E-state index in [0.717, 1.165) is 40.7 Å². The fraction of sp³-hybridized carbons (Fsp3) is 0.481. The molecule has 0 bridgehead atoms. The first-order valence-corrected chi connectivity index (χ1v) is 10.8. The minimum absolute atomic E-state index is 0.0766. The molecule has 0 aromatic heterocycles. The van der Waals surface area contributed by atoms with Crippen molar-refractivity contribution in [2.45, 2.75) is 78.1 Å². The summed E-state index contributed by atoms with van der Waals surface area (Å²) < 4.78 is 4.72. The molecule has 0 heterocycles. The van der Waals surface area contributed by atoms with Gasteiger partial charge in [0.2, 0.25) is 0 Å². The Labute approximate surface area is 180 Å². The molecule has 3 rings (SSSR count). The van der Waals surface area contributed by atoms with Gasteiger partial charge >= 0.3 is 5.97 Å². The minimum atomic E-state index is -0.260. The van der Waals surface area contributed by atoms with E-state index in [2.05, 4.69) is 47.6 Å². The van der Waals surface area contributed by atoms with Crippen molar-refractivity contribution in [1.82, 2.24) is 0 Å². The summed E-state index contributed by atoms with van der Waals surface area (Å²) in [6.07, 6.45) is 2.91. The van der Waals surface area contributed by atoms with E-state index in [1.807, 2.05) is 24.3 Å². The second-order valence-corrected chi connectivity index (χ2v) is 10.1. The van der Waals surface area contributed by atoms with Crippen LogP contribution in [-0.4, -0.2) is 18.9 Å². The first-order valence-electron chi connectivity index (χ1n) is 10.8. The van der Waals surface area contributed by atoms with Crippen LogP contribution >= 0.6 is 0 Å². The zero-order valence-corrected chi connectivity index (χ0v) is 19.4. The van der Waals surface area contributed by atoms with Gasteiger partial charge in [-0.2, -0.15) is 0 Å². The number of rotatable bonds is 5. The molecule has 3 heteroatoms. The van der Waals surface area contributed by atoms with Crippen molar-refractivity contribution in [3.63, 3.8) is 0 Å². The Balaban J connectivity index is 1.93. The molecule has 0 amide bonds. The zero-order chi connectivity index (χ0) is 22.3. The monoisotopic (exact) mass is 406 g/mol. The summed E-state index contributed by atoms with van der Waals surface area (Å²) in [5.74, 6) is -0.0997. The van der Waals surface area contributed by atoms with Crippen LogP contribution < -0.4 is 0 Å². The van der Waals surface area contributed by atoms with Crippen molar-refractivity contribution in [2.24, 2.45) is 0 Å². The van der Waals surface area contributed by atoms with Crippen LogP contribution in [0.2, 0.25) is 0 Å². The Hall–Kier alpha value is -2.42. The normalized spacial score (nSPS) is 16.6. The summed E-state index contributed by atoms with van der Waals surface area (Å²) in [6, 6.07) is 9.93. The Kier molecular flexibility index (Phi) is 5.95. The van der Waals surface area contributed by atoms with Gasteiger partial charge in [0.1, 0.15) is 0 Å². The number of aryl methyl sites for hydroxylation is 1. The largest absolute Gasteiger partial charge is 0.469 e. The van der Waals surface area contributed by atoms with E-state index in [1.54, 1.807) is 0 Å². The fourth-order valence-electron chi connectivity index (χ4n) is 4.99. The molecule has 160 valence electrons. The van der Waals surface area contributed by atoms with Crippen LogP contribution in [0, 0.1) is 13.8 Å². The van der Waals surface area contributed by atoms with Crippen molar-refractivity contribution in [2.75, 3.05) is 7.11 Å². The number of fused-ring (bicyclic) bond motifs is 1. The van der Waals surface area contributed by atoms with Gasteiger partial charge in [-0.25, -0.2) is 0 Å². The molecule has 0 aliphatic heterocycles. The maximum Gasteiger partial charge on any atom is 0.309 e. The molecular weight excluding hydrogens is 372 g/mol. The molecule has 0 atom stereocenters. The summed E-state index contributed by atoms with van der Waals surface area (Å²) in [5.41, 5.74) is 7.93. The molecule has 2 aromatic carbocycles. The van der Waals surface area contributed by atoms with E-state index in [0.29, 0.717) is 6.42 Å². The summed E-state index contributed by atoms with van der Waals surface area (Å²) >= 11 is 0. The van der Waals surface area contributed by atoms with Gasteiger partial charge in [-0.05, 0) is 70.9 Å². The van der Waals surface area contributed by atoms with Crippen LogP contribution in [0.3, 0.4) is 0 Å². The topological polar surface area (TPSA) is 43.4 Å². The van der Waals surface area contributed by atoms with Gasteiger partial charge in [0, 0.05) is 12.0 Å². The zero-order valence-electron chi connectivity index (χ0n) is 19.4. The molecule has 30 heavy (non-hydrogen) atoms. The molecule has 0 saturated heterocycles. The van der Waals surface area contributed by atoms with Crippen molar-refractivity contribution >= 4 is 11.8 Å². The van der Waals surface area contributed by atoms with Crippen molar-refractivity contribution in [1.29, 1.82) is 0 Å². The van der Waals surface area contributed by atoms with Crippen LogP contribution in [0.1, 0.15) is 84.3 Å². The summed E-state index contributed by atoms with van der Waals surface area (Å²) in [7, 11) is 1.39. The number of carbonyl (C=O) groups excluding carboxylic acids is 2. The fourth-order valence-corrected chi connectivity index (χ4v) is 4.99. The predicted octanol–water partition coefficient (Wildman–Crippen LogP) is 5.79. The minimum Gasteiger partial charge on any atom is -0.469 e. The second kappa shape index (κ2) is 8.02. The molecule has 0 saturated carbocycles. The highest BCUT2D eigenvalue weighted by molar-refractivity contribution is 6.00. The molecule has 0 spiro atoms. The molecule has 3 nitrogen and oxygen atoms in total. The number of methoxy groups -OCH3 is 1. The highest BCUT2D eigenvalue weighted by Crippen LogP contribution is 2.48. The van der Waals surface area contributed by atoms with E-state index >= 15 is 0 Å². The third kappa shape index (κ3) is 4.21. The average molecular weight is 407 g/mol. The van der Waals surface area contributed by atoms with Crippen LogP contribution in [0.5, 0.6) is 0 Å². The smallest absolute Gasteiger partial charge is 0.309 e. The molecule has 0 unspecified atom stereocenters. The highest BCUT2D eigenvalue weighted by atomic mass is 16.5. The number of hydrogen-bond acceptors (Lipinski definition) is 3. The summed E-state index contributed by atoms with van der Waals surface area (Å²) in [6.45, 7) is 13.4. The third-order valence-corrected chi connectivity index (χ3v) is 6.80. The highest BCUT2D eigenvalue weighted by Gasteiger charge is 2.39. The Morgan fingerprint density at radius 2 is 1.43 bits per heavy atom. The van der Waals surface area contributed by atoms with Gasteiger partial charge in [0.25, 0.3) is 0 Å². The Morgan fingerprint density at radius 3 is 2.00 bits per heavy atom. The van der Waals surface area contributed by atoms with Crippen LogP contribution in [0.15, 0.2) is 30.3 Å². The Bertz CT molecular complexity index is 978. The van der Waals surface area contributed by atoms with Gasteiger partial charge < -0.3 is 4.74 Å². The number of carbonyl (C=O) groups is 2. The van der Waals surface area contributed by atoms with Gasteiger partial charge in [-0.15, -0.1) is 0 Å². The Morgan fingerprint density at radius 1 is 0.900 bits per heavy atom. The quantitative estimate of drug-likeness (QED) is 0.466. The third-order valence-electron chi connectivity index (χ3n) is 6.80. The molecule has 0 radical (unpaired) electrons. The molecule has 2 aromatic rings. The molecular formula is C27H34O3. The van der Waals surface area contributed by atoms with E-state index in [4.69, 9.17) is 4.74 Å². The molecule has 0 N–H and O–H groups in total. The van der Waals surface area contributed by atoms with Crippen molar-refractivity contribution < 1.29 is 14.3 Å². The predicted molar refractivity (Wildman–Crippen MR) is 121 cm³/mol. The van der Waals surface area contributed by atoms with Crippen LogP contribution in [0.25, 0.3) is 0 Å². The standard InChI is InChI=1S/C27H34O3/c1-17-14-21-25(27(5,6)13-12-26(21,3)4)18(2)24(17)22(28)15-19-8-10-20(11-9-19)16-23(29)30-7/h8-11,14H,12-13,15-16H2,1-7H3. The first kappa shape index (κ1) is 22.3. The van der Waals surface area contributed by atoms with Gasteiger partial charge in [-0.1, -0.05) is 58.0 Å². The number of ketones is 1. The average Bonchev–Trinajstić information content (AvgIpc) is 2.66. The lowest BCUT2D eigenvalue weighted by Gasteiger charge is -2.43. The summed E-state index contributed by atoms with van der Waals surface area (Å²) in [5, 5.41) is 0. The molecule has 0 fully saturated rings. The maximum atomic E-state index is 13.3. The lowest BCUT2D eigenvalue weighted by molar-refractivity contribution is -0.139. The first-order chi connectivity index (χ1) is 14.0. The van der Waals surface area contributed by atoms with Crippen molar-refractivity contribution in [3.8, 4) is 0 Å². The van der Waals surface area contributed by atoms with E-state index in [9.17, 15) is 9.59 Å². The molecule has 1 aliphatic carbocycles. The van der Waals surface area contributed by atoms with E-state index < -0.39 is 0 Å². The number of benzene rings is 2. The van der Waals surface area contributed by atoms with Gasteiger partial charge in [0.05, 0.1) is 13.5 Å². The van der Waals surface area contributed by atoms with Gasteiger partial charge in [-0.3, -0.25) is 9.59 Å². The number of Topliss-reactive ketones (excluding diaryl/α,β-unsaturated/α-hetero) is 1. The van der Waals surface area contributed by atoms with Crippen LogP contribution in [-0.2, 0) is 33.2 Å². The van der Waals surface area contributed by atoms with Crippen LogP contribution in [0.4, 0.5) is 0 Å². The van der Waals surface area contributed by atoms with E-state index in [1.165, 1.54) is 18.2 Å². The summed E-state index contributed by atoms with van der Waals surface area (Å²) in [4.78, 5) is 24.8. The van der Waals surface area contributed by atoms with Gasteiger partial charge in [0.15, 0.2) is 5.78 Å². The number of ether oxygens (including phenoxy) is 1. The maximum absolute atomic E-state index is 13.3. The van der Waals surface area contributed by atoms with E-state index in [-0.39, 0.29) is 29.0 Å². The van der Waals surface area contributed by atoms with Crippen molar-refractivity contribution in [3.05, 3.63) is 69.3 Å². The molecule has 1 aliphatic rings.